The molecule has 4 heteroatoms. The fourth-order valence-electron chi connectivity index (χ4n) is 1.96. The molecule has 2 atom stereocenters. The molecule has 100 valence electrons. The summed E-state index contributed by atoms with van der Waals surface area (Å²) in [5.41, 5.74) is 1.58. The zero-order chi connectivity index (χ0) is 13.0. The quantitative estimate of drug-likeness (QED) is 0.465. The molecule has 2 aliphatic rings. The third-order valence-corrected chi connectivity index (χ3v) is 2.45. The van der Waals surface area contributed by atoms with E-state index in [9.17, 15) is 0 Å². The predicted molar refractivity (Wildman–Crippen MR) is 67.8 cm³/mol. The topological polar surface area (TPSA) is 60.7 Å². The second-order valence-electron chi connectivity index (χ2n) is 3.41. The van der Waals surface area contributed by atoms with E-state index >= 15 is 0 Å². The first kappa shape index (κ1) is 22.2. The van der Waals surface area contributed by atoms with Gasteiger partial charge in [-0.15, -0.1) is 12.2 Å². The minimum Gasteiger partial charge on any atom is -0.400 e. The largest absolute Gasteiger partial charge is 0.400 e. The van der Waals surface area contributed by atoms with Crippen molar-refractivity contribution in [1.29, 1.82) is 0 Å². The molecule has 0 aromatic heterocycles. The van der Waals surface area contributed by atoms with Crippen LogP contribution >= 0.6 is 0 Å². The molecule has 0 heterocycles. The summed E-state index contributed by atoms with van der Waals surface area (Å²) in [5, 5.41) is 21.0. The molecule has 17 heavy (non-hydrogen) atoms. The Bertz CT molecular complexity index is 203. The van der Waals surface area contributed by atoms with E-state index in [1.165, 1.54) is 12.8 Å². The van der Waals surface area contributed by atoms with Crippen LogP contribution in [0.1, 0.15) is 19.8 Å². The number of aliphatic hydroxyl groups excluding tert-OH is 3. The van der Waals surface area contributed by atoms with E-state index in [0.29, 0.717) is 0 Å². The summed E-state index contributed by atoms with van der Waals surface area (Å²) in [4.78, 5) is 0. The van der Waals surface area contributed by atoms with Crippen LogP contribution in [0.15, 0.2) is 23.8 Å². The Morgan fingerprint density at radius 1 is 1.12 bits per heavy atom. The molecule has 0 amide bonds. The van der Waals surface area contributed by atoms with Gasteiger partial charge in [0, 0.05) is 43.0 Å². The van der Waals surface area contributed by atoms with Crippen LogP contribution < -0.4 is 0 Å². The van der Waals surface area contributed by atoms with Crippen molar-refractivity contribution in [3.63, 3.8) is 0 Å². The fraction of sp³-hybridized carbons (Fsp3) is 0.615. The van der Waals surface area contributed by atoms with Crippen molar-refractivity contribution >= 4 is 0 Å². The van der Waals surface area contributed by atoms with Crippen molar-refractivity contribution in [2.24, 2.45) is 11.8 Å². The number of fused-ring (bicyclic) bond motifs is 1. The standard InChI is InChI=1S/C10H13.3CH4O.Ti/c1-8-6-9-4-2-3-5-10(9)7-8;3*1-2;/h2-4,6,8,10H,5,7H2,1H3;3*2H,1H3;/q-1;;;;. The zero-order valence-corrected chi connectivity index (χ0v) is 12.8. The molecule has 2 rings (SSSR count). The molecule has 3 nitrogen and oxygen atoms in total. The molecule has 2 unspecified atom stereocenters. The number of hydrogen-bond donors (Lipinski definition) is 3. The van der Waals surface area contributed by atoms with E-state index in [2.05, 4.69) is 31.6 Å². The maximum atomic E-state index is 7.00. The smallest absolute Gasteiger partial charge is 0.0319 e. The molecular weight excluding hydrogens is 252 g/mol. The minimum atomic E-state index is 0. The monoisotopic (exact) mass is 277 g/mol. The van der Waals surface area contributed by atoms with Crippen LogP contribution in [0, 0.1) is 18.3 Å². The molecule has 0 aromatic carbocycles. The first-order chi connectivity index (χ1) is 7.86. The average Bonchev–Trinajstić information content (AvgIpc) is 2.76. The first-order valence-corrected chi connectivity index (χ1v) is 5.42. The van der Waals surface area contributed by atoms with Crippen LogP contribution in [0.25, 0.3) is 0 Å². The van der Waals surface area contributed by atoms with E-state index in [1.54, 1.807) is 5.57 Å². The van der Waals surface area contributed by atoms with Gasteiger partial charge in [0.1, 0.15) is 0 Å². The summed E-state index contributed by atoms with van der Waals surface area (Å²) in [6.45, 7) is 2.30. The number of aliphatic hydroxyl groups is 3. The molecule has 2 aliphatic carbocycles. The van der Waals surface area contributed by atoms with Crippen LogP contribution in [0.4, 0.5) is 0 Å². The number of allylic oxidation sites excluding steroid dienone is 4. The molecule has 0 spiro atoms. The van der Waals surface area contributed by atoms with E-state index < -0.39 is 0 Å². The van der Waals surface area contributed by atoms with Gasteiger partial charge in [0.05, 0.1) is 0 Å². The van der Waals surface area contributed by atoms with Crippen molar-refractivity contribution in [1.82, 2.24) is 0 Å². The van der Waals surface area contributed by atoms with Gasteiger partial charge in [0.2, 0.25) is 0 Å². The van der Waals surface area contributed by atoms with E-state index in [1.807, 2.05) is 0 Å². The minimum absolute atomic E-state index is 0. The summed E-state index contributed by atoms with van der Waals surface area (Å²) in [5.74, 6) is 1.68. The summed E-state index contributed by atoms with van der Waals surface area (Å²) in [6, 6.07) is 0. The Balaban J connectivity index is -0.000000248. The second kappa shape index (κ2) is 15.9. The SMILES string of the molecule is CC1[CH-]C2=CC=CCC2C1.CO.CO.CO.[Ti]. The van der Waals surface area contributed by atoms with Crippen LogP contribution in [-0.2, 0) is 21.7 Å². The van der Waals surface area contributed by atoms with E-state index in [-0.39, 0.29) is 21.7 Å². The molecule has 1 saturated carbocycles. The molecule has 1 fully saturated rings. The van der Waals surface area contributed by atoms with Crippen molar-refractivity contribution in [3.05, 3.63) is 30.2 Å². The van der Waals surface area contributed by atoms with Gasteiger partial charge in [-0.25, -0.2) is 18.1 Å². The first-order valence-electron chi connectivity index (χ1n) is 5.42. The molecular formula is C13H25O3Ti-. The van der Waals surface area contributed by atoms with E-state index in [0.717, 1.165) is 33.2 Å². The van der Waals surface area contributed by atoms with Crippen LogP contribution in [0.3, 0.4) is 0 Å². The molecule has 0 aromatic rings. The summed E-state index contributed by atoms with van der Waals surface area (Å²) in [6.07, 6.45) is 11.8. The normalized spacial score (nSPS) is 22.6. The summed E-state index contributed by atoms with van der Waals surface area (Å²) >= 11 is 0. The van der Waals surface area contributed by atoms with Crippen molar-refractivity contribution in [2.75, 3.05) is 21.3 Å². The average molecular weight is 277 g/mol. The molecule has 0 radical (unpaired) electrons. The van der Waals surface area contributed by atoms with Crippen molar-refractivity contribution in [3.8, 4) is 0 Å². The molecule has 0 aliphatic heterocycles. The van der Waals surface area contributed by atoms with Gasteiger partial charge in [-0.2, -0.15) is 0 Å². The Hall–Kier alpha value is -0.0557. The summed E-state index contributed by atoms with van der Waals surface area (Å²) in [7, 11) is 3.00. The number of rotatable bonds is 0. The Kier molecular flexibility index (Phi) is 20.8. The summed E-state index contributed by atoms with van der Waals surface area (Å²) < 4.78 is 0. The third-order valence-electron chi connectivity index (χ3n) is 2.45. The van der Waals surface area contributed by atoms with Gasteiger partial charge >= 0.3 is 0 Å². The van der Waals surface area contributed by atoms with Gasteiger partial charge in [-0.1, -0.05) is 19.3 Å². The molecule has 0 saturated heterocycles. The Morgan fingerprint density at radius 2 is 1.65 bits per heavy atom. The number of hydrogen-bond acceptors (Lipinski definition) is 3. The Labute approximate surface area is 120 Å². The van der Waals surface area contributed by atoms with Gasteiger partial charge in [-0.3, -0.25) is 0 Å². The van der Waals surface area contributed by atoms with Gasteiger partial charge < -0.3 is 15.3 Å². The molecule has 3 N–H and O–H groups in total. The van der Waals surface area contributed by atoms with Crippen LogP contribution in [-0.4, -0.2) is 36.6 Å². The molecule has 0 bridgehead atoms. The second-order valence-corrected chi connectivity index (χ2v) is 3.41. The zero-order valence-electron chi connectivity index (χ0n) is 11.2. The van der Waals surface area contributed by atoms with Crippen LogP contribution in [0.2, 0.25) is 0 Å². The van der Waals surface area contributed by atoms with E-state index in [4.69, 9.17) is 15.3 Å². The van der Waals surface area contributed by atoms with Gasteiger partial charge in [0.25, 0.3) is 0 Å². The predicted octanol–water partition coefficient (Wildman–Crippen LogP) is 1.56. The third kappa shape index (κ3) is 8.64. The Morgan fingerprint density at radius 3 is 2.12 bits per heavy atom. The fourth-order valence-corrected chi connectivity index (χ4v) is 1.96. The van der Waals surface area contributed by atoms with Crippen molar-refractivity contribution in [2.45, 2.75) is 19.8 Å². The maximum absolute atomic E-state index is 7.00. The van der Waals surface area contributed by atoms with Crippen LogP contribution in [0.5, 0.6) is 0 Å². The van der Waals surface area contributed by atoms with Gasteiger partial charge in [0.15, 0.2) is 0 Å². The van der Waals surface area contributed by atoms with Gasteiger partial charge in [-0.05, 0) is 12.3 Å². The van der Waals surface area contributed by atoms with Crippen molar-refractivity contribution < 1.29 is 37.0 Å². The maximum Gasteiger partial charge on any atom is 0.0319 e.